The summed E-state index contributed by atoms with van der Waals surface area (Å²) < 4.78 is 4.98. The molecule has 1 N–H and O–H groups in total. The van der Waals surface area contributed by atoms with E-state index >= 15 is 0 Å². The molecule has 2 aromatic rings. The number of halogens is 1. The first kappa shape index (κ1) is 24.7. The Hall–Kier alpha value is -2.33. The molecule has 0 spiro atoms. The van der Waals surface area contributed by atoms with E-state index in [9.17, 15) is 9.59 Å². The quantitative estimate of drug-likeness (QED) is 0.459. The number of carbonyl (C=O) groups excluding carboxylic acids is 2. The highest BCUT2D eigenvalue weighted by molar-refractivity contribution is 6.30. The lowest BCUT2D eigenvalue weighted by atomic mass is 9.96. The van der Waals surface area contributed by atoms with Crippen molar-refractivity contribution in [2.75, 3.05) is 11.9 Å². The second kappa shape index (κ2) is 14.6. The molecule has 0 saturated carbocycles. The Bertz CT molecular complexity index is 734. The number of hydrogen-bond donors (Lipinski definition) is 1. The number of rotatable bonds is 9. The summed E-state index contributed by atoms with van der Waals surface area (Å²) in [5.41, 5.74) is 1.11. The largest absolute Gasteiger partial charge is 0.462 e. The fourth-order valence-corrected chi connectivity index (χ4v) is 2.95. The average molecular weight is 418 g/mol. The highest BCUT2D eigenvalue weighted by Crippen LogP contribution is 2.19. The molecule has 0 aliphatic rings. The summed E-state index contributed by atoms with van der Waals surface area (Å²) in [6, 6.07) is 16.3. The van der Waals surface area contributed by atoms with Crippen LogP contribution in [0.15, 0.2) is 54.6 Å². The van der Waals surface area contributed by atoms with Crippen LogP contribution in [0.1, 0.15) is 63.2 Å². The Labute approximate surface area is 179 Å². The van der Waals surface area contributed by atoms with Crippen LogP contribution < -0.4 is 5.32 Å². The second-order valence-electron chi connectivity index (χ2n) is 6.71. The Kier molecular flexibility index (Phi) is 12.5. The van der Waals surface area contributed by atoms with E-state index < -0.39 is 0 Å². The number of carbonyl (C=O) groups is 2. The van der Waals surface area contributed by atoms with Gasteiger partial charge in [-0.05, 0) is 50.1 Å². The number of esters is 1. The number of benzene rings is 2. The van der Waals surface area contributed by atoms with Crippen molar-refractivity contribution < 1.29 is 14.3 Å². The van der Waals surface area contributed by atoms with Crippen molar-refractivity contribution in [3.05, 3.63) is 65.2 Å². The standard InChI is InChI=1S/C18H27NO3.C6H5Cl/c1-4-7-10-14(9-5-2)17(20)19-16-12-8-11-15(13-16)18(21)22-6-3;7-6-4-2-1-3-5-6/h8,11-14H,4-7,9-10H2,1-3H3,(H,19,20);1-5H. The lowest BCUT2D eigenvalue weighted by Crippen LogP contribution is -2.23. The van der Waals surface area contributed by atoms with Gasteiger partial charge in [0.2, 0.25) is 5.91 Å². The Morgan fingerprint density at radius 3 is 2.24 bits per heavy atom. The molecule has 4 nitrogen and oxygen atoms in total. The molecule has 0 heterocycles. The summed E-state index contributed by atoms with van der Waals surface area (Å²) in [6.07, 6.45) is 4.94. The fraction of sp³-hybridized carbons (Fsp3) is 0.417. The Morgan fingerprint density at radius 1 is 0.966 bits per heavy atom. The molecule has 0 fully saturated rings. The van der Waals surface area contributed by atoms with Crippen LogP contribution in [-0.2, 0) is 9.53 Å². The molecule has 2 aromatic carbocycles. The summed E-state index contributed by atoms with van der Waals surface area (Å²) in [5.74, 6) is -0.290. The van der Waals surface area contributed by atoms with Gasteiger partial charge in [0.05, 0.1) is 12.2 Å². The molecule has 1 atom stereocenters. The van der Waals surface area contributed by atoms with E-state index in [1.807, 2.05) is 30.3 Å². The summed E-state index contributed by atoms with van der Waals surface area (Å²) in [4.78, 5) is 24.1. The molecule has 5 heteroatoms. The molecule has 0 aliphatic heterocycles. The van der Waals surface area contributed by atoms with Gasteiger partial charge in [0, 0.05) is 16.6 Å². The monoisotopic (exact) mass is 417 g/mol. The zero-order chi connectivity index (χ0) is 21.5. The number of ether oxygens (including phenoxy) is 1. The molecular weight excluding hydrogens is 386 g/mol. The Morgan fingerprint density at radius 2 is 1.69 bits per heavy atom. The maximum atomic E-state index is 12.4. The zero-order valence-corrected chi connectivity index (χ0v) is 18.4. The van der Waals surface area contributed by atoms with Crippen molar-refractivity contribution in [2.45, 2.75) is 52.9 Å². The van der Waals surface area contributed by atoms with Gasteiger partial charge in [0.1, 0.15) is 0 Å². The van der Waals surface area contributed by atoms with Crippen molar-refractivity contribution in [1.82, 2.24) is 0 Å². The highest BCUT2D eigenvalue weighted by Gasteiger charge is 2.17. The number of anilines is 1. The predicted molar refractivity (Wildman–Crippen MR) is 120 cm³/mol. The second-order valence-corrected chi connectivity index (χ2v) is 7.15. The minimum atomic E-state index is -0.366. The number of nitrogens with one attached hydrogen (secondary N) is 1. The van der Waals surface area contributed by atoms with Crippen LogP contribution in [0, 0.1) is 5.92 Å². The Balaban J connectivity index is 0.000000502. The third-order valence-corrected chi connectivity index (χ3v) is 4.54. The molecule has 0 radical (unpaired) electrons. The van der Waals surface area contributed by atoms with Crippen LogP contribution in [0.4, 0.5) is 5.69 Å². The molecule has 158 valence electrons. The number of unbranched alkanes of at least 4 members (excludes halogenated alkanes) is 1. The zero-order valence-electron chi connectivity index (χ0n) is 17.6. The molecular formula is C24H32ClNO3. The molecule has 1 amide bonds. The third-order valence-electron chi connectivity index (χ3n) is 4.29. The topological polar surface area (TPSA) is 55.4 Å². The molecule has 0 saturated heterocycles. The molecule has 29 heavy (non-hydrogen) atoms. The maximum Gasteiger partial charge on any atom is 0.338 e. The molecule has 1 unspecified atom stereocenters. The van der Waals surface area contributed by atoms with E-state index in [0.717, 1.165) is 37.1 Å². The molecule has 0 aliphatic carbocycles. The highest BCUT2D eigenvalue weighted by atomic mass is 35.5. The molecule has 0 bridgehead atoms. The van der Waals surface area contributed by atoms with E-state index in [0.29, 0.717) is 17.9 Å². The van der Waals surface area contributed by atoms with Crippen LogP contribution in [0.3, 0.4) is 0 Å². The van der Waals surface area contributed by atoms with Crippen molar-refractivity contribution in [2.24, 2.45) is 5.92 Å². The van der Waals surface area contributed by atoms with Crippen LogP contribution >= 0.6 is 11.6 Å². The lowest BCUT2D eigenvalue weighted by molar-refractivity contribution is -0.120. The van der Waals surface area contributed by atoms with Crippen molar-refractivity contribution in [1.29, 1.82) is 0 Å². The van der Waals surface area contributed by atoms with E-state index in [2.05, 4.69) is 19.2 Å². The predicted octanol–water partition coefficient (Wildman–Crippen LogP) is 6.75. The van der Waals surface area contributed by atoms with Gasteiger partial charge in [-0.2, -0.15) is 0 Å². The summed E-state index contributed by atoms with van der Waals surface area (Å²) >= 11 is 5.54. The van der Waals surface area contributed by atoms with E-state index in [4.69, 9.17) is 16.3 Å². The third kappa shape index (κ3) is 10.1. The summed E-state index contributed by atoms with van der Waals surface area (Å²) in [7, 11) is 0. The molecule has 0 aromatic heterocycles. The maximum absolute atomic E-state index is 12.4. The van der Waals surface area contributed by atoms with E-state index in [1.54, 1.807) is 31.2 Å². The van der Waals surface area contributed by atoms with Crippen LogP contribution in [0.2, 0.25) is 5.02 Å². The lowest BCUT2D eigenvalue weighted by Gasteiger charge is -2.16. The fourth-order valence-electron chi connectivity index (χ4n) is 2.80. The van der Waals surface area contributed by atoms with E-state index in [1.165, 1.54) is 0 Å². The molecule has 2 rings (SSSR count). The number of hydrogen-bond acceptors (Lipinski definition) is 3. The SMILES string of the molecule is CCCCC(CCC)C(=O)Nc1cccc(C(=O)OCC)c1.Clc1ccccc1. The summed E-state index contributed by atoms with van der Waals surface area (Å²) in [6.45, 7) is 6.33. The van der Waals surface area contributed by atoms with Gasteiger partial charge < -0.3 is 10.1 Å². The minimum absolute atomic E-state index is 0.0381. The average Bonchev–Trinajstić information content (AvgIpc) is 2.72. The van der Waals surface area contributed by atoms with Crippen molar-refractivity contribution in [3.63, 3.8) is 0 Å². The summed E-state index contributed by atoms with van der Waals surface area (Å²) in [5, 5.41) is 3.72. The van der Waals surface area contributed by atoms with Crippen LogP contribution in [-0.4, -0.2) is 18.5 Å². The normalized spacial score (nSPS) is 11.0. The minimum Gasteiger partial charge on any atom is -0.462 e. The van der Waals surface area contributed by atoms with Crippen LogP contribution in [0.5, 0.6) is 0 Å². The van der Waals surface area contributed by atoms with E-state index in [-0.39, 0.29) is 17.8 Å². The van der Waals surface area contributed by atoms with Gasteiger partial charge in [0.15, 0.2) is 0 Å². The number of amides is 1. The van der Waals surface area contributed by atoms with Gasteiger partial charge in [-0.25, -0.2) is 4.79 Å². The van der Waals surface area contributed by atoms with Gasteiger partial charge in [0.25, 0.3) is 0 Å². The van der Waals surface area contributed by atoms with Gasteiger partial charge in [-0.1, -0.05) is 69.0 Å². The van der Waals surface area contributed by atoms with Gasteiger partial charge in [-0.15, -0.1) is 0 Å². The smallest absolute Gasteiger partial charge is 0.338 e. The van der Waals surface area contributed by atoms with Crippen LogP contribution in [0.25, 0.3) is 0 Å². The van der Waals surface area contributed by atoms with Crippen molar-refractivity contribution >= 4 is 29.2 Å². The first-order chi connectivity index (χ1) is 14.0. The first-order valence-electron chi connectivity index (χ1n) is 10.3. The van der Waals surface area contributed by atoms with Gasteiger partial charge in [-0.3, -0.25) is 4.79 Å². The van der Waals surface area contributed by atoms with Gasteiger partial charge >= 0.3 is 5.97 Å². The van der Waals surface area contributed by atoms with Crippen molar-refractivity contribution in [3.8, 4) is 0 Å². The first-order valence-corrected chi connectivity index (χ1v) is 10.7.